The number of amides is 1. The third-order valence-corrected chi connectivity index (χ3v) is 16.1. The second-order valence-corrected chi connectivity index (χ2v) is 23.9. The first-order valence-electron chi connectivity index (χ1n) is 35.2. The van der Waals surface area contributed by atoms with Crippen LogP contribution in [0.25, 0.3) is 0 Å². The number of aliphatic hydroxyl groups is 2. The Labute approximate surface area is 489 Å². The fourth-order valence-corrected chi connectivity index (χ4v) is 10.8. The van der Waals surface area contributed by atoms with Gasteiger partial charge in [0.2, 0.25) is 5.91 Å². The summed E-state index contributed by atoms with van der Waals surface area (Å²) in [4.78, 5) is 12.5. The molecule has 0 bridgehead atoms. The molecule has 0 fully saturated rings. The number of carbonyl (C=O) groups excluding carboxylic acids is 1. The third-order valence-electron chi connectivity index (χ3n) is 16.1. The molecule has 3 N–H and O–H groups in total. The predicted molar refractivity (Wildman–Crippen MR) is 350 cm³/mol. The van der Waals surface area contributed by atoms with Crippen molar-refractivity contribution in [2.24, 2.45) is 0 Å². The van der Waals surface area contributed by atoms with Gasteiger partial charge in [0.25, 0.3) is 0 Å². The number of allylic oxidation sites excluding steroid dienone is 11. The lowest BCUT2D eigenvalue weighted by Gasteiger charge is -2.19. The van der Waals surface area contributed by atoms with Crippen LogP contribution in [0.4, 0.5) is 0 Å². The van der Waals surface area contributed by atoms with Gasteiger partial charge >= 0.3 is 0 Å². The summed E-state index contributed by atoms with van der Waals surface area (Å²) >= 11 is 0. The number of hydrogen-bond acceptors (Lipinski definition) is 3. The van der Waals surface area contributed by atoms with E-state index in [9.17, 15) is 15.0 Å². The summed E-state index contributed by atoms with van der Waals surface area (Å²) < 4.78 is 0. The lowest BCUT2D eigenvalue weighted by Crippen LogP contribution is -2.45. The summed E-state index contributed by atoms with van der Waals surface area (Å²) in [7, 11) is 0. The Bertz CT molecular complexity index is 1330. The first kappa shape index (κ1) is 75.8. The molecule has 1 amide bonds. The van der Waals surface area contributed by atoms with Crippen molar-refractivity contribution in [3.63, 3.8) is 0 Å². The summed E-state index contributed by atoms with van der Waals surface area (Å²) in [5.41, 5.74) is 0. The van der Waals surface area contributed by atoms with Crippen molar-refractivity contribution in [3.05, 3.63) is 72.9 Å². The largest absolute Gasteiger partial charge is 0.394 e. The van der Waals surface area contributed by atoms with Crippen LogP contribution >= 0.6 is 0 Å². The predicted octanol–water partition coefficient (Wildman–Crippen LogP) is 24.0. The molecular weight excluding hydrogens is 951 g/mol. The molecule has 0 aliphatic carbocycles. The van der Waals surface area contributed by atoms with Crippen LogP contribution < -0.4 is 5.32 Å². The van der Waals surface area contributed by atoms with Gasteiger partial charge in [-0.3, -0.25) is 4.79 Å². The number of carbonyl (C=O) groups is 1. The van der Waals surface area contributed by atoms with Crippen LogP contribution in [-0.2, 0) is 4.79 Å². The molecule has 0 spiro atoms. The molecule has 0 radical (unpaired) electrons. The molecule has 4 heteroatoms. The maximum atomic E-state index is 12.5. The Morgan fingerprint density at radius 3 is 0.833 bits per heavy atom. The van der Waals surface area contributed by atoms with Gasteiger partial charge in [-0.1, -0.05) is 356 Å². The van der Waals surface area contributed by atoms with Gasteiger partial charge in [0.05, 0.1) is 18.8 Å². The highest BCUT2D eigenvalue weighted by Gasteiger charge is 2.18. The van der Waals surface area contributed by atoms with E-state index in [1.165, 1.54) is 302 Å². The monoisotopic (exact) mass is 1090 g/mol. The normalized spacial score (nSPS) is 13.1. The molecule has 0 rings (SSSR count). The maximum absolute atomic E-state index is 12.5. The quantitative estimate of drug-likeness (QED) is 0.0420. The first-order chi connectivity index (χ1) is 38.7. The van der Waals surface area contributed by atoms with Crippen LogP contribution in [0.1, 0.15) is 373 Å². The third kappa shape index (κ3) is 64.6. The number of unbranched alkanes of at least 4 members (excludes halogenated alkanes) is 48. The zero-order valence-electron chi connectivity index (χ0n) is 52.7. The molecule has 78 heavy (non-hydrogen) atoms. The van der Waals surface area contributed by atoms with Gasteiger partial charge in [-0.05, 0) is 83.5 Å². The van der Waals surface area contributed by atoms with E-state index in [4.69, 9.17) is 0 Å². The molecule has 2 atom stereocenters. The van der Waals surface area contributed by atoms with Crippen LogP contribution in [-0.4, -0.2) is 34.9 Å². The summed E-state index contributed by atoms with van der Waals surface area (Å²) in [6, 6.07) is -0.648. The van der Waals surface area contributed by atoms with E-state index < -0.39 is 12.1 Å². The second-order valence-electron chi connectivity index (χ2n) is 23.9. The van der Waals surface area contributed by atoms with Crippen LogP contribution in [0.15, 0.2) is 72.9 Å². The van der Waals surface area contributed by atoms with Gasteiger partial charge in [0.15, 0.2) is 0 Å². The Hall–Kier alpha value is -2.17. The molecule has 0 aliphatic rings. The Balaban J connectivity index is 3.45. The van der Waals surface area contributed by atoms with Crippen molar-refractivity contribution < 1.29 is 15.0 Å². The average Bonchev–Trinajstić information content (AvgIpc) is 3.44. The molecule has 456 valence electrons. The zero-order chi connectivity index (χ0) is 56.2. The van der Waals surface area contributed by atoms with E-state index in [-0.39, 0.29) is 12.5 Å². The number of rotatable bonds is 65. The minimum Gasteiger partial charge on any atom is -0.394 e. The molecule has 0 heterocycles. The summed E-state index contributed by atoms with van der Waals surface area (Å²) in [5, 5.41) is 23.2. The van der Waals surface area contributed by atoms with E-state index in [1.807, 2.05) is 6.08 Å². The molecule has 0 aliphatic heterocycles. The fraction of sp³-hybridized carbons (Fsp3) is 0.824. The highest BCUT2D eigenvalue weighted by Crippen LogP contribution is 2.18. The van der Waals surface area contributed by atoms with Gasteiger partial charge in [-0.25, -0.2) is 0 Å². The van der Waals surface area contributed by atoms with E-state index in [0.29, 0.717) is 6.42 Å². The minimum atomic E-state index is -0.873. The van der Waals surface area contributed by atoms with Crippen molar-refractivity contribution in [3.8, 4) is 0 Å². The molecule has 4 nitrogen and oxygen atoms in total. The van der Waals surface area contributed by atoms with Crippen molar-refractivity contribution in [1.29, 1.82) is 0 Å². The lowest BCUT2D eigenvalue weighted by atomic mass is 10.0. The molecule has 0 aromatic carbocycles. The maximum Gasteiger partial charge on any atom is 0.220 e. The SMILES string of the molecule is CCCCCCC/C=C\C/C=C\C/C=C\CCCCCCCCCCCCCCCCCCCCCCCCCCCCC(=O)NC(CO)C(O)/C=C/CC/C=C/CC/C=C/CCCCCCCCCCCCCCCCC. The summed E-state index contributed by atoms with van der Waals surface area (Å²) in [6.07, 6.45) is 100.0. The topological polar surface area (TPSA) is 69.6 Å². The smallest absolute Gasteiger partial charge is 0.220 e. The number of aliphatic hydroxyl groups excluding tert-OH is 2. The van der Waals surface area contributed by atoms with Crippen LogP contribution in [0.5, 0.6) is 0 Å². The van der Waals surface area contributed by atoms with Crippen molar-refractivity contribution in [2.75, 3.05) is 6.61 Å². The second kappa shape index (κ2) is 69.1. The molecule has 0 aromatic rings. The number of nitrogens with one attached hydrogen (secondary N) is 1. The number of hydrogen-bond donors (Lipinski definition) is 3. The van der Waals surface area contributed by atoms with Crippen LogP contribution in [0, 0.1) is 0 Å². The van der Waals surface area contributed by atoms with E-state index in [0.717, 1.165) is 51.4 Å². The first-order valence-corrected chi connectivity index (χ1v) is 35.2. The van der Waals surface area contributed by atoms with Gasteiger partial charge in [-0.15, -0.1) is 0 Å². The molecule has 2 unspecified atom stereocenters. The Kier molecular flexibility index (Phi) is 67.2. The Morgan fingerprint density at radius 2 is 0.538 bits per heavy atom. The van der Waals surface area contributed by atoms with Crippen molar-refractivity contribution in [2.45, 2.75) is 386 Å². The van der Waals surface area contributed by atoms with Gasteiger partial charge in [-0.2, -0.15) is 0 Å². The summed E-state index contributed by atoms with van der Waals surface area (Å²) in [5.74, 6) is -0.0721. The fourth-order valence-electron chi connectivity index (χ4n) is 10.8. The standard InChI is InChI=1S/C74H137NO3/c1-3-5-7-9-11-13-15-17-19-21-23-25-27-29-30-31-32-33-34-35-36-37-38-39-40-41-42-43-44-46-48-50-52-54-56-58-60-62-64-66-68-70-74(78)75-72(71-76)73(77)69-67-65-63-61-59-57-55-53-51-49-47-45-28-26-24-22-20-18-16-14-12-10-8-6-4-2/h15,17,21,23,27,29,51,53,59,61,67,69,72-73,76-77H,3-14,16,18-20,22,24-26,28,30-50,52,54-58,60,62-66,68,70-71H2,1-2H3,(H,75,78)/b17-15-,23-21-,29-27-,53-51+,61-59+,69-67+. The van der Waals surface area contributed by atoms with E-state index in [2.05, 4.69) is 79.9 Å². The molecule has 0 saturated heterocycles. The molecule has 0 saturated carbocycles. The van der Waals surface area contributed by atoms with Gasteiger partial charge in [0.1, 0.15) is 0 Å². The zero-order valence-corrected chi connectivity index (χ0v) is 52.7. The minimum absolute atomic E-state index is 0.0721. The van der Waals surface area contributed by atoms with Gasteiger partial charge < -0.3 is 15.5 Å². The van der Waals surface area contributed by atoms with Crippen molar-refractivity contribution >= 4 is 5.91 Å². The molecular formula is C74H137NO3. The highest BCUT2D eigenvalue weighted by molar-refractivity contribution is 5.76. The lowest BCUT2D eigenvalue weighted by molar-refractivity contribution is -0.123. The average molecular weight is 1090 g/mol. The van der Waals surface area contributed by atoms with E-state index in [1.54, 1.807) is 6.08 Å². The van der Waals surface area contributed by atoms with Crippen LogP contribution in [0.2, 0.25) is 0 Å². The van der Waals surface area contributed by atoms with Gasteiger partial charge in [0, 0.05) is 6.42 Å². The van der Waals surface area contributed by atoms with E-state index >= 15 is 0 Å². The summed E-state index contributed by atoms with van der Waals surface area (Å²) in [6.45, 7) is 4.31. The van der Waals surface area contributed by atoms with Crippen molar-refractivity contribution in [1.82, 2.24) is 5.32 Å². The molecule has 0 aromatic heterocycles. The highest BCUT2D eigenvalue weighted by atomic mass is 16.3. The Morgan fingerprint density at radius 1 is 0.308 bits per heavy atom. The van der Waals surface area contributed by atoms with Crippen LogP contribution in [0.3, 0.4) is 0 Å².